The fourth-order valence-electron chi connectivity index (χ4n) is 3.07. The third-order valence-corrected chi connectivity index (χ3v) is 4.54. The number of esters is 2. The van der Waals surface area contributed by atoms with E-state index in [9.17, 15) is 14.4 Å². The highest BCUT2D eigenvalue weighted by atomic mass is 16.5. The van der Waals surface area contributed by atoms with E-state index in [1.54, 1.807) is 47.0 Å². The first kappa shape index (κ1) is 21.7. The van der Waals surface area contributed by atoms with Gasteiger partial charge in [0.15, 0.2) is 6.61 Å². The molecule has 31 heavy (non-hydrogen) atoms. The van der Waals surface area contributed by atoms with Crippen LogP contribution in [0.4, 0.5) is 5.69 Å². The molecular weight excluding hydrogens is 404 g/mol. The van der Waals surface area contributed by atoms with Crippen molar-refractivity contribution in [3.8, 4) is 11.5 Å². The van der Waals surface area contributed by atoms with Crippen LogP contribution in [0.15, 0.2) is 48.7 Å². The summed E-state index contributed by atoms with van der Waals surface area (Å²) in [6.45, 7) is -0.645. The van der Waals surface area contributed by atoms with E-state index < -0.39 is 24.5 Å². The fourth-order valence-corrected chi connectivity index (χ4v) is 3.07. The molecule has 0 radical (unpaired) electrons. The van der Waals surface area contributed by atoms with Gasteiger partial charge in [0.1, 0.15) is 18.0 Å². The van der Waals surface area contributed by atoms with Gasteiger partial charge >= 0.3 is 11.9 Å². The van der Waals surface area contributed by atoms with Crippen LogP contribution >= 0.6 is 0 Å². The van der Waals surface area contributed by atoms with Crippen molar-refractivity contribution in [1.82, 2.24) is 4.57 Å². The molecule has 1 amide bonds. The topological polar surface area (TPSA) is 105 Å². The third kappa shape index (κ3) is 4.95. The van der Waals surface area contributed by atoms with Gasteiger partial charge < -0.3 is 28.8 Å². The predicted molar refractivity (Wildman–Crippen MR) is 112 cm³/mol. The lowest BCUT2D eigenvalue weighted by Gasteiger charge is -2.12. The molecule has 0 unspecified atom stereocenters. The van der Waals surface area contributed by atoms with Crippen LogP contribution in [0.1, 0.15) is 10.4 Å². The van der Waals surface area contributed by atoms with Crippen LogP contribution in [0.2, 0.25) is 0 Å². The van der Waals surface area contributed by atoms with Crippen molar-refractivity contribution in [3.63, 3.8) is 0 Å². The number of para-hydroxylation sites is 1. The maximum Gasteiger partial charge on any atom is 0.340 e. The zero-order valence-corrected chi connectivity index (χ0v) is 17.3. The molecule has 0 saturated heterocycles. The lowest BCUT2D eigenvalue weighted by atomic mass is 10.2. The number of methoxy groups -OCH3 is 3. The summed E-state index contributed by atoms with van der Waals surface area (Å²) in [5.41, 5.74) is 1.44. The van der Waals surface area contributed by atoms with E-state index in [-0.39, 0.29) is 6.54 Å². The van der Waals surface area contributed by atoms with E-state index in [4.69, 9.17) is 18.9 Å². The molecule has 162 valence electrons. The second-order valence-corrected chi connectivity index (χ2v) is 6.45. The maximum atomic E-state index is 12.3. The first-order valence-electron chi connectivity index (χ1n) is 9.30. The van der Waals surface area contributed by atoms with Gasteiger partial charge in [-0.25, -0.2) is 4.79 Å². The molecule has 0 aliphatic carbocycles. The van der Waals surface area contributed by atoms with Crippen LogP contribution in [0, 0.1) is 0 Å². The Morgan fingerprint density at radius 2 is 1.77 bits per heavy atom. The smallest absolute Gasteiger partial charge is 0.340 e. The Morgan fingerprint density at radius 3 is 2.48 bits per heavy atom. The van der Waals surface area contributed by atoms with E-state index in [0.29, 0.717) is 33.7 Å². The van der Waals surface area contributed by atoms with Crippen molar-refractivity contribution in [2.24, 2.45) is 0 Å². The molecule has 0 atom stereocenters. The quantitative estimate of drug-likeness (QED) is 0.552. The Morgan fingerprint density at radius 1 is 1.00 bits per heavy atom. The number of nitrogens with one attached hydrogen (secondary N) is 1. The summed E-state index contributed by atoms with van der Waals surface area (Å²) < 4.78 is 21.8. The summed E-state index contributed by atoms with van der Waals surface area (Å²) in [7, 11) is 4.28. The number of amides is 1. The molecule has 2 aromatic carbocycles. The molecule has 1 N–H and O–H groups in total. The largest absolute Gasteiger partial charge is 0.497 e. The highest BCUT2D eigenvalue weighted by molar-refractivity contribution is 6.04. The van der Waals surface area contributed by atoms with Crippen LogP contribution in [-0.2, 0) is 25.6 Å². The van der Waals surface area contributed by atoms with Crippen LogP contribution < -0.4 is 14.8 Å². The summed E-state index contributed by atoms with van der Waals surface area (Å²) in [6, 6.07) is 12.0. The molecule has 9 nitrogen and oxygen atoms in total. The highest BCUT2D eigenvalue weighted by Crippen LogP contribution is 2.29. The SMILES string of the molecule is COC(=O)c1cn(CC(=O)OCC(=O)Nc2ccc(OC)cc2OC)c2ccccc12. The van der Waals surface area contributed by atoms with Gasteiger partial charge in [0.05, 0.1) is 32.6 Å². The molecule has 3 rings (SSSR count). The Bertz CT molecular complexity index is 1120. The molecule has 0 fully saturated rings. The number of carbonyl (C=O) groups excluding carboxylic acids is 3. The summed E-state index contributed by atoms with van der Waals surface area (Å²) in [5, 5.41) is 3.28. The second-order valence-electron chi connectivity index (χ2n) is 6.45. The first-order valence-corrected chi connectivity index (χ1v) is 9.30. The summed E-state index contributed by atoms with van der Waals surface area (Å²) in [5.74, 6) is -0.672. The minimum Gasteiger partial charge on any atom is -0.497 e. The average Bonchev–Trinajstić information content (AvgIpc) is 3.15. The molecule has 1 aromatic heterocycles. The fraction of sp³-hybridized carbons (Fsp3) is 0.227. The van der Waals surface area contributed by atoms with E-state index in [1.165, 1.54) is 27.5 Å². The number of hydrogen-bond donors (Lipinski definition) is 1. The van der Waals surface area contributed by atoms with Gasteiger partial charge in [-0.1, -0.05) is 18.2 Å². The summed E-state index contributed by atoms with van der Waals surface area (Å²) in [6.07, 6.45) is 1.53. The number of hydrogen-bond acceptors (Lipinski definition) is 7. The molecule has 0 aliphatic rings. The van der Waals surface area contributed by atoms with Gasteiger partial charge in [-0.15, -0.1) is 0 Å². The van der Waals surface area contributed by atoms with Gasteiger partial charge in [-0.05, 0) is 18.2 Å². The maximum absolute atomic E-state index is 12.3. The van der Waals surface area contributed by atoms with Crippen LogP contribution in [0.3, 0.4) is 0 Å². The Hall–Kier alpha value is -4.01. The highest BCUT2D eigenvalue weighted by Gasteiger charge is 2.18. The molecule has 3 aromatic rings. The van der Waals surface area contributed by atoms with E-state index in [0.717, 1.165) is 0 Å². The number of benzene rings is 2. The molecular formula is C22H22N2O7. The minimum atomic E-state index is -0.631. The van der Waals surface area contributed by atoms with E-state index >= 15 is 0 Å². The first-order chi connectivity index (χ1) is 15.0. The average molecular weight is 426 g/mol. The van der Waals surface area contributed by atoms with Gasteiger partial charge in [-0.3, -0.25) is 9.59 Å². The number of carbonyl (C=O) groups is 3. The molecule has 0 spiro atoms. The summed E-state index contributed by atoms with van der Waals surface area (Å²) >= 11 is 0. The van der Waals surface area contributed by atoms with Crippen molar-refractivity contribution in [2.75, 3.05) is 33.3 Å². The Balaban J connectivity index is 1.63. The van der Waals surface area contributed by atoms with Crippen LogP contribution in [-0.4, -0.2) is 50.3 Å². The van der Waals surface area contributed by atoms with Crippen molar-refractivity contribution in [2.45, 2.75) is 6.54 Å². The minimum absolute atomic E-state index is 0.170. The molecule has 9 heteroatoms. The number of aromatic nitrogens is 1. The molecule has 0 aliphatic heterocycles. The number of rotatable bonds is 8. The van der Waals surface area contributed by atoms with Gasteiger partial charge in [-0.2, -0.15) is 0 Å². The number of fused-ring (bicyclic) bond motifs is 1. The monoisotopic (exact) mass is 426 g/mol. The number of nitrogens with zero attached hydrogens (tertiary/aromatic N) is 1. The number of anilines is 1. The lowest BCUT2D eigenvalue weighted by molar-refractivity contribution is -0.147. The Labute approximate surface area is 178 Å². The van der Waals surface area contributed by atoms with Gasteiger partial charge in [0.25, 0.3) is 5.91 Å². The zero-order valence-electron chi connectivity index (χ0n) is 17.3. The molecule has 0 saturated carbocycles. The lowest BCUT2D eigenvalue weighted by Crippen LogP contribution is -2.23. The third-order valence-electron chi connectivity index (χ3n) is 4.54. The predicted octanol–water partition coefficient (Wildman–Crippen LogP) is 2.63. The zero-order chi connectivity index (χ0) is 22.4. The van der Waals surface area contributed by atoms with Crippen molar-refractivity contribution < 1.29 is 33.3 Å². The number of ether oxygens (including phenoxy) is 4. The second kappa shape index (κ2) is 9.66. The summed E-state index contributed by atoms with van der Waals surface area (Å²) in [4.78, 5) is 36.5. The van der Waals surface area contributed by atoms with E-state index in [2.05, 4.69) is 5.32 Å². The Kier molecular flexibility index (Phi) is 6.76. The van der Waals surface area contributed by atoms with Gasteiger partial charge in [0.2, 0.25) is 0 Å². The van der Waals surface area contributed by atoms with E-state index in [1.807, 2.05) is 0 Å². The molecule has 0 bridgehead atoms. The molecule has 1 heterocycles. The van der Waals surface area contributed by atoms with Crippen molar-refractivity contribution >= 4 is 34.4 Å². The van der Waals surface area contributed by atoms with Crippen LogP contribution in [0.5, 0.6) is 11.5 Å². The standard InChI is InChI=1S/C22H22N2O7/c1-28-14-8-9-17(19(10-14)29-2)23-20(25)13-31-21(26)12-24-11-16(22(27)30-3)15-6-4-5-7-18(15)24/h4-11H,12-13H2,1-3H3,(H,23,25). The normalized spacial score (nSPS) is 10.4. The van der Waals surface area contributed by atoms with Crippen LogP contribution in [0.25, 0.3) is 10.9 Å². The van der Waals surface area contributed by atoms with Gasteiger partial charge in [0, 0.05) is 23.2 Å². The van der Waals surface area contributed by atoms with Crippen molar-refractivity contribution in [1.29, 1.82) is 0 Å². The van der Waals surface area contributed by atoms with Crippen molar-refractivity contribution in [3.05, 3.63) is 54.2 Å².